The van der Waals surface area contributed by atoms with Crippen LogP contribution in [0.2, 0.25) is 0 Å². The zero-order valence-electron chi connectivity index (χ0n) is 11.7. The molecule has 1 spiro atoms. The second kappa shape index (κ2) is 4.33. The lowest BCUT2D eigenvalue weighted by atomic mass is 9.77. The SMILES string of the molecule is O=C(O)[C@H]1[C@H]2C(=O)N(Cc3cccc(O)c3)C[C@@]23C=C[C@H]1O3. The third-order valence-electron chi connectivity index (χ3n) is 4.75. The number of benzene rings is 1. The Morgan fingerprint density at radius 1 is 1.45 bits per heavy atom. The van der Waals surface area contributed by atoms with E-state index in [0.29, 0.717) is 13.1 Å². The van der Waals surface area contributed by atoms with Crippen molar-refractivity contribution in [2.45, 2.75) is 18.2 Å². The molecule has 0 unspecified atom stereocenters. The minimum atomic E-state index is -0.992. The molecule has 3 heterocycles. The fraction of sp³-hybridized carbons (Fsp3) is 0.375. The molecule has 0 radical (unpaired) electrons. The average molecular weight is 301 g/mol. The van der Waals surface area contributed by atoms with Gasteiger partial charge < -0.3 is 19.8 Å². The maximum atomic E-state index is 12.7. The molecule has 3 aliphatic rings. The van der Waals surface area contributed by atoms with Gasteiger partial charge in [-0.3, -0.25) is 9.59 Å². The van der Waals surface area contributed by atoms with Crippen molar-refractivity contribution in [2.24, 2.45) is 11.8 Å². The van der Waals surface area contributed by atoms with E-state index in [2.05, 4.69) is 0 Å². The van der Waals surface area contributed by atoms with Crippen LogP contribution in [0.1, 0.15) is 5.56 Å². The number of ether oxygens (including phenoxy) is 1. The molecular weight excluding hydrogens is 286 g/mol. The summed E-state index contributed by atoms with van der Waals surface area (Å²) in [4.78, 5) is 25.7. The fourth-order valence-electron chi connectivity index (χ4n) is 3.87. The van der Waals surface area contributed by atoms with E-state index in [1.165, 1.54) is 0 Å². The van der Waals surface area contributed by atoms with Crippen LogP contribution in [-0.2, 0) is 20.9 Å². The van der Waals surface area contributed by atoms with Crippen molar-refractivity contribution >= 4 is 11.9 Å². The van der Waals surface area contributed by atoms with Crippen LogP contribution in [0.3, 0.4) is 0 Å². The summed E-state index contributed by atoms with van der Waals surface area (Å²) in [5, 5.41) is 18.9. The van der Waals surface area contributed by atoms with Crippen molar-refractivity contribution < 1.29 is 24.5 Å². The molecule has 114 valence electrons. The lowest BCUT2D eigenvalue weighted by Gasteiger charge is -2.21. The third-order valence-corrected chi connectivity index (χ3v) is 4.75. The Bertz CT molecular complexity index is 700. The van der Waals surface area contributed by atoms with E-state index in [4.69, 9.17) is 4.74 Å². The standard InChI is InChI=1S/C16H15NO5/c18-10-3-1-2-9(6-10)7-17-8-16-5-4-11(22-16)12(15(20)21)13(16)14(17)19/h1-6,11-13,18H,7-8H2,(H,20,21)/t11-,12-,13+,16+/m1/s1. The highest BCUT2D eigenvalue weighted by Crippen LogP contribution is 2.52. The third kappa shape index (κ3) is 1.70. The second-order valence-electron chi connectivity index (χ2n) is 6.10. The molecule has 3 aliphatic heterocycles. The normalized spacial score (nSPS) is 35.2. The first-order valence-corrected chi connectivity index (χ1v) is 7.17. The number of phenols is 1. The number of carbonyl (C=O) groups excluding carboxylic acids is 1. The molecular formula is C16H15NO5. The van der Waals surface area contributed by atoms with Crippen molar-refractivity contribution in [2.75, 3.05) is 6.54 Å². The predicted octanol–water partition coefficient (Wildman–Crippen LogP) is 0.759. The van der Waals surface area contributed by atoms with Crippen LogP contribution in [0, 0.1) is 11.8 Å². The Hall–Kier alpha value is -2.34. The molecule has 0 aromatic heterocycles. The number of amides is 1. The summed E-state index contributed by atoms with van der Waals surface area (Å²) >= 11 is 0. The number of carboxylic acid groups (broad SMARTS) is 1. The Kier molecular flexibility index (Phi) is 2.62. The summed E-state index contributed by atoms with van der Waals surface area (Å²) in [6.45, 7) is 0.683. The molecule has 6 heteroatoms. The number of carboxylic acids is 1. The van der Waals surface area contributed by atoms with E-state index in [1.54, 1.807) is 29.2 Å². The highest BCUT2D eigenvalue weighted by molar-refractivity contribution is 5.90. The molecule has 2 saturated heterocycles. The fourth-order valence-corrected chi connectivity index (χ4v) is 3.87. The number of fused-ring (bicyclic) bond motifs is 1. The first kappa shape index (κ1) is 13.3. The second-order valence-corrected chi connectivity index (χ2v) is 6.10. The number of rotatable bonds is 3. The van der Waals surface area contributed by atoms with Gasteiger partial charge in [-0.25, -0.2) is 0 Å². The highest BCUT2D eigenvalue weighted by Gasteiger charge is 2.66. The van der Waals surface area contributed by atoms with E-state index in [0.717, 1.165) is 5.56 Å². The van der Waals surface area contributed by atoms with Crippen molar-refractivity contribution in [3.63, 3.8) is 0 Å². The Morgan fingerprint density at radius 2 is 2.27 bits per heavy atom. The number of hydrogen-bond acceptors (Lipinski definition) is 4. The highest BCUT2D eigenvalue weighted by atomic mass is 16.5. The maximum absolute atomic E-state index is 12.7. The topological polar surface area (TPSA) is 87.1 Å². The zero-order valence-corrected chi connectivity index (χ0v) is 11.7. The van der Waals surface area contributed by atoms with Gasteiger partial charge in [0.25, 0.3) is 0 Å². The number of nitrogens with zero attached hydrogens (tertiary/aromatic N) is 1. The molecule has 2 bridgehead atoms. The molecule has 4 atom stereocenters. The number of likely N-dealkylation sites (tertiary alicyclic amines) is 1. The summed E-state index contributed by atoms with van der Waals surface area (Å²) < 4.78 is 5.82. The van der Waals surface area contributed by atoms with E-state index < -0.39 is 29.5 Å². The lowest BCUT2D eigenvalue weighted by Crippen LogP contribution is -2.39. The molecule has 1 aromatic carbocycles. The van der Waals surface area contributed by atoms with Crippen molar-refractivity contribution in [3.8, 4) is 5.75 Å². The minimum absolute atomic E-state index is 0.142. The van der Waals surface area contributed by atoms with E-state index in [1.807, 2.05) is 12.1 Å². The molecule has 2 fully saturated rings. The van der Waals surface area contributed by atoms with Gasteiger partial charge in [0.15, 0.2) is 0 Å². The first-order valence-electron chi connectivity index (χ1n) is 7.17. The molecule has 6 nitrogen and oxygen atoms in total. The van der Waals surface area contributed by atoms with Crippen LogP contribution >= 0.6 is 0 Å². The molecule has 1 amide bonds. The first-order chi connectivity index (χ1) is 10.5. The van der Waals surface area contributed by atoms with Gasteiger partial charge in [-0.15, -0.1) is 0 Å². The number of hydrogen-bond donors (Lipinski definition) is 2. The van der Waals surface area contributed by atoms with Crippen molar-refractivity contribution in [1.82, 2.24) is 4.90 Å². The molecule has 22 heavy (non-hydrogen) atoms. The van der Waals surface area contributed by atoms with Gasteiger partial charge in [0.2, 0.25) is 5.91 Å². The Labute approximate surface area is 126 Å². The van der Waals surface area contributed by atoms with E-state index in [9.17, 15) is 19.8 Å². The summed E-state index contributed by atoms with van der Waals surface area (Å²) in [5.74, 6) is -2.51. The van der Waals surface area contributed by atoms with Gasteiger partial charge in [-0.2, -0.15) is 0 Å². The summed E-state index contributed by atoms with van der Waals surface area (Å²) in [6, 6.07) is 6.70. The van der Waals surface area contributed by atoms with Crippen LogP contribution in [0.4, 0.5) is 0 Å². The summed E-state index contributed by atoms with van der Waals surface area (Å²) in [5.41, 5.74) is -0.00290. The quantitative estimate of drug-likeness (QED) is 0.805. The van der Waals surface area contributed by atoms with Gasteiger partial charge in [0.1, 0.15) is 17.3 Å². The van der Waals surface area contributed by atoms with Crippen LogP contribution < -0.4 is 0 Å². The minimum Gasteiger partial charge on any atom is -0.508 e. The van der Waals surface area contributed by atoms with E-state index >= 15 is 0 Å². The molecule has 4 rings (SSSR count). The molecule has 1 aromatic rings. The Morgan fingerprint density at radius 3 is 3.00 bits per heavy atom. The number of aliphatic carboxylic acids is 1. The molecule has 0 aliphatic carbocycles. The largest absolute Gasteiger partial charge is 0.508 e. The van der Waals surface area contributed by atoms with Crippen molar-refractivity contribution in [1.29, 1.82) is 0 Å². The maximum Gasteiger partial charge on any atom is 0.310 e. The van der Waals surface area contributed by atoms with Gasteiger partial charge in [-0.1, -0.05) is 24.3 Å². The average Bonchev–Trinajstić information content (AvgIpc) is 3.08. The van der Waals surface area contributed by atoms with Crippen LogP contribution in [-0.4, -0.2) is 45.2 Å². The van der Waals surface area contributed by atoms with Crippen LogP contribution in [0.5, 0.6) is 5.75 Å². The number of phenolic OH excluding ortho intramolecular Hbond substituents is 1. The summed E-state index contributed by atoms with van der Waals surface area (Å²) in [7, 11) is 0. The monoisotopic (exact) mass is 301 g/mol. The van der Waals surface area contributed by atoms with Gasteiger partial charge >= 0.3 is 5.97 Å². The molecule has 2 N–H and O–H groups in total. The van der Waals surface area contributed by atoms with Crippen LogP contribution in [0.15, 0.2) is 36.4 Å². The predicted molar refractivity (Wildman–Crippen MR) is 74.9 cm³/mol. The van der Waals surface area contributed by atoms with E-state index in [-0.39, 0.29) is 11.7 Å². The van der Waals surface area contributed by atoms with Crippen LogP contribution in [0.25, 0.3) is 0 Å². The lowest BCUT2D eigenvalue weighted by molar-refractivity contribution is -0.148. The van der Waals surface area contributed by atoms with Gasteiger partial charge in [0.05, 0.1) is 18.6 Å². The molecule has 0 saturated carbocycles. The number of aromatic hydroxyl groups is 1. The van der Waals surface area contributed by atoms with Crippen molar-refractivity contribution in [3.05, 3.63) is 42.0 Å². The summed E-state index contributed by atoms with van der Waals surface area (Å²) in [6.07, 6.45) is 3.08. The Balaban J connectivity index is 1.62. The number of carbonyl (C=O) groups is 2. The van der Waals surface area contributed by atoms with Gasteiger partial charge in [-0.05, 0) is 17.7 Å². The zero-order chi connectivity index (χ0) is 15.5. The smallest absolute Gasteiger partial charge is 0.310 e. The van der Waals surface area contributed by atoms with Gasteiger partial charge in [0, 0.05) is 6.54 Å².